The van der Waals surface area contributed by atoms with E-state index in [0.29, 0.717) is 23.6 Å². The van der Waals surface area contributed by atoms with Crippen LogP contribution >= 0.6 is 0 Å². The van der Waals surface area contributed by atoms with Crippen LogP contribution < -0.4 is 19.1 Å². The van der Waals surface area contributed by atoms with E-state index in [1.807, 2.05) is 26.0 Å². The maximum Gasteiger partial charge on any atom is 0.232 e. The fraction of sp³-hybridized carbons (Fsp3) is 0.409. The molecule has 0 spiro atoms. The fourth-order valence-electron chi connectivity index (χ4n) is 3.34. The molecule has 1 heterocycles. The second-order valence-electron chi connectivity index (χ2n) is 7.61. The molecular weight excluding hydrogens is 404 g/mol. The van der Waals surface area contributed by atoms with Crippen LogP contribution in [0.2, 0.25) is 0 Å². The van der Waals surface area contributed by atoms with Crippen molar-refractivity contribution in [2.24, 2.45) is 0 Å². The van der Waals surface area contributed by atoms with E-state index in [4.69, 9.17) is 9.47 Å². The number of sulfonamides is 1. The first kappa shape index (κ1) is 22.0. The van der Waals surface area contributed by atoms with E-state index in [2.05, 4.69) is 18.3 Å². The van der Waals surface area contributed by atoms with Crippen molar-refractivity contribution in [2.45, 2.75) is 39.7 Å². The number of rotatable bonds is 8. The van der Waals surface area contributed by atoms with Crippen molar-refractivity contribution in [3.63, 3.8) is 0 Å². The molecule has 7 nitrogen and oxygen atoms in total. The molecule has 30 heavy (non-hydrogen) atoms. The summed E-state index contributed by atoms with van der Waals surface area (Å²) in [6.45, 7) is 6.36. The summed E-state index contributed by atoms with van der Waals surface area (Å²) in [5.74, 6) is 0.993. The Morgan fingerprint density at radius 3 is 2.53 bits per heavy atom. The van der Waals surface area contributed by atoms with E-state index >= 15 is 0 Å². The summed E-state index contributed by atoms with van der Waals surface area (Å²) >= 11 is 0. The fourth-order valence-corrected chi connectivity index (χ4v) is 4.30. The quantitative estimate of drug-likeness (QED) is 0.691. The Kier molecular flexibility index (Phi) is 6.55. The van der Waals surface area contributed by atoms with Gasteiger partial charge in [0.05, 0.1) is 18.0 Å². The molecular formula is C22H28N2O5S. The van der Waals surface area contributed by atoms with Crippen LogP contribution in [0.4, 0.5) is 5.69 Å². The molecule has 1 aliphatic heterocycles. The van der Waals surface area contributed by atoms with Crippen molar-refractivity contribution in [1.82, 2.24) is 5.32 Å². The topological polar surface area (TPSA) is 84.9 Å². The van der Waals surface area contributed by atoms with Gasteiger partial charge >= 0.3 is 0 Å². The Bertz CT molecular complexity index is 1040. The minimum atomic E-state index is -3.50. The summed E-state index contributed by atoms with van der Waals surface area (Å²) in [4.78, 5) is 12.4. The van der Waals surface area contributed by atoms with Crippen LogP contribution in [-0.2, 0) is 14.8 Å². The predicted octanol–water partition coefficient (Wildman–Crippen LogP) is 3.46. The van der Waals surface area contributed by atoms with Gasteiger partial charge in [0.25, 0.3) is 0 Å². The molecule has 162 valence electrons. The second kappa shape index (κ2) is 8.95. The summed E-state index contributed by atoms with van der Waals surface area (Å²) in [5.41, 5.74) is 3.93. The van der Waals surface area contributed by atoms with E-state index in [-0.39, 0.29) is 31.7 Å². The van der Waals surface area contributed by atoms with Gasteiger partial charge in [-0.3, -0.25) is 9.10 Å². The standard InChI is InChI=1S/C22H28N2O5S/c1-15-7-8-18(12-16(15)2)17(3)23-22(25)6-5-11-24(30(4,26)27)19-9-10-20-21(13-19)29-14-28-20/h7-10,12-13,17H,5-6,11,14H2,1-4H3,(H,23,25)/t17-/m0/s1. The zero-order valence-corrected chi connectivity index (χ0v) is 18.6. The number of nitrogens with zero attached hydrogens (tertiary/aromatic N) is 1. The lowest BCUT2D eigenvalue weighted by Gasteiger charge is -2.23. The smallest absolute Gasteiger partial charge is 0.232 e. The number of amides is 1. The largest absolute Gasteiger partial charge is 0.454 e. The summed E-state index contributed by atoms with van der Waals surface area (Å²) in [6, 6.07) is 11.0. The lowest BCUT2D eigenvalue weighted by molar-refractivity contribution is -0.121. The molecule has 0 radical (unpaired) electrons. The molecule has 0 bridgehead atoms. The second-order valence-corrected chi connectivity index (χ2v) is 9.52. The number of hydrogen-bond donors (Lipinski definition) is 1. The van der Waals surface area contributed by atoms with Crippen molar-refractivity contribution in [3.05, 3.63) is 53.1 Å². The zero-order chi connectivity index (χ0) is 21.9. The minimum absolute atomic E-state index is 0.111. The molecule has 0 aromatic heterocycles. The zero-order valence-electron chi connectivity index (χ0n) is 17.8. The average molecular weight is 433 g/mol. The monoisotopic (exact) mass is 432 g/mol. The number of anilines is 1. The summed E-state index contributed by atoms with van der Waals surface area (Å²) in [7, 11) is -3.50. The first-order chi connectivity index (χ1) is 14.1. The van der Waals surface area contributed by atoms with Gasteiger partial charge in [-0.25, -0.2) is 8.42 Å². The molecule has 1 amide bonds. The predicted molar refractivity (Wildman–Crippen MR) is 116 cm³/mol. The van der Waals surface area contributed by atoms with E-state index in [0.717, 1.165) is 11.8 Å². The Hall–Kier alpha value is -2.74. The van der Waals surface area contributed by atoms with Crippen LogP contribution in [0, 0.1) is 13.8 Å². The van der Waals surface area contributed by atoms with Crippen molar-refractivity contribution in [2.75, 3.05) is 23.9 Å². The summed E-state index contributed by atoms with van der Waals surface area (Å²) < 4.78 is 36.5. The number of hydrogen-bond acceptors (Lipinski definition) is 5. The molecule has 0 saturated carbocycles. The molecule has 2 aromatic carbocycles. The molecule has 0 aliphatic carbocycles. The lowest BCUT2D eigenvalue weighted by Crippen LogP contribution is -2.32. The van der Waals surface area contributed by atoms with Gasteiger partial charge in [0.15, 0.2) is 11.5 Å². The molecule has 1 N–H and O–H groups in total. The SMILES string of the molecule is Cc1ccc([C@H](C)NC(=O)CCCN(c2ccc3c(c2)OCO3)S(C)(=O)=O)cc1C. The van der Waals surface area contributed by atoms with Crippen LogP contribution in [0.15, 0.2) is 36.4 Å². The molecule has 1 atom stereocenters. The molecule has 1 aliphatic rings. The molecule has 0 fully saturated rings. The average Bonchev–Trinajstić information content (AvgIpc) is 3.14. The van der Waals surface area contributed by atoms with Gasteiger partial charge in [-0.1, -0.05) is 18.2 Å². The highest BCUT2D eigenvalue weighted by Crippen LogP contribution is 2.36. The molecule has 3 rings (SSSR count). The summed E-state index contributed by atoms with van der Waals surface area (Å²) in [6.07, 6.45) is 1.78. The first-order valence-corrected chi connectivity index (χ1v) is 11.7. The van der Waals surface area contributed by atoms with E-state index < -0.39 is 10.0 Å². The van der Waals surface area contributed by atoms with Crippen molar-refractivity contribution >= 4 is 21.6 Å². The molecule has 2 aromatic rings. The van der Waals surface area contributed by atoms with Gasteiger partial charge in [-0.15, -0.1) is 0 Å². The third-order valence-electron chi connectivity index (χ3n) is 5.22. The van der Waals surface area contributed by atoms with Gasteiger partial charge in [0, 0.05) is 19.0 Å². The number of nitrogens with one attached hydrogen (secondary N) is 1. The van der Waals surface area contributed by atoms with Crippen molar-refractivity contribution in [3.8, 4) is 11.5 Å². The number of aryl methyl sites for hydroxylation is 2. The minimum Gasteiger partial charge on any atom is -0.454 e. The molecule has 0 saturated heterocycles. The Morgan fingerprint density at radius 1 is 1.10 bits per heavy atom. The number of benzene rings is 2. The Labute approximate surface area is 178 Å². The number of carbonyl (C=O) groups excluding carboxylic acids is 1. The highest BCUT2D eigenvalue weighted by molar-refractivity contribution is 7.92. The van der Waals surface area contributed by atoms with E-state index in [1.54, 1.807) is 18.2 Å². The summed E-state index contributed by atoms with van der Waals surface area (Å²) in [5, 5.41) is 2.99. The maximum absolute atomic E-state index is 12.4. The third-order valence-corrected chi connectivity index (χ3v) is 6.41. The number of carbonyl (C=O) groups is 1. The van der Waals surface area contributed by atoms with Crippen LogP contribution in [0.3, 0.4) is 0 Å². The van der Waals surface area contributed by atoms with Gasteiger partial charge in [-0.05, 0) is 56.0 Å². The van der Waals surface area contributed by atoms with Crippen LogP contribution in [0.1, 0.15) is 42.5 Å². The van der Waals surface area contributed by atoms with Crippen molar-refractivity contribution < 1.29 is 22.7 Å². The van der Waals surface area contributed by atoms with Crippen LogP contribution in [0.25, 0.3) is 0 Å². The lowest BCUT2D eigenvalue weighted by atomic mass is 10.0. The number of fused-ring (bicyclic) bond motifs is 1. The van der Waals surface area contributed by atoms with Gasteiger partial charge in [0.2, 0.25) is 22.7 Å². The third kappa shape index (κ3) is 5.24. The van der Waals surface area contributed by atoms with Crippen molar-refractivity contribution in [1.29, 1.82) is 0 Å². The van der Waals surface area contributed by atoms with Gasteiger partial charge < -0.3 is 14.8 Å². The number of ether oxygens (including phenoxy) is 2. The van der Waals surface area contributed by atoms with Gasteiger partial charge in [-0.2, -0.15) is 0 Å². The maximum atomic E-state index is 12.4. The van der Waals surface area contributed by atoms with Crippen LogP contribution in [-0.4, -0.2) is 33.9 Å². The normalized spacial score (nSPS) is 13.7. The van der Waals surface area contributed by atoms with E-state index in [9.17, 15) is 13.2 Å². The van der Waals surface area contributed by atoms with Crippen LogP contribution in [0.5, 0.6) is 11.5 Å². The highest BCUT2D eigenvalue weighted by Gasteiger charge is 2.21. The van der Waals surface area contributed by atoms with Gasteiger partial charge in [0.1, 0.15) is 0 Å². The van der Waals surface area contributed by atoms with E-state index in [1.165, 1.54) is 15.4 Å². The molecule has 0 unspecified atom stereocenters. The Balaban J connectivity index is 1.58. The highest BCUT2D eigenvalue weighted by atomic mass is 32.2. The Morgan fingerprint density at radius 2 is 1.83 bits per heavy atom. The molecule has 8 heteroatoms. The first-order valence-electron chi connectivity index (χ1n) is 9.89.